The third-order valence-corrected chi connectivity index (χ3v) is 7.21. The number of sulfone groups is 1. The van der Waals surface area contributed by atoms with E-state index in [0.29, 0.717) is 24.2 Å². The summed E-state index contributed by atoms with van der Waals surface area (Å²) >= 11 is 0. The molecule has 172 valence electrons. The van der Waals surface area contributed by atoms with Gasteiger partial charge < -0.3 is 14.4 Å². The predicted octanol–water partition coefficient (Wildman–Crippen LogP) is 4.18. The minimum absolute atomic E-state index is 0.210. The number of amides is 1. The summed E-state index contributed by atoms with van der Waals surface area (Å²) in [5, 5.41) is 0. The molecule has 0 spiro atoms. The maximum absolute atomic E-state index is 12.4. The van der Waals surface area contributed by atoms with E-state index in [1.807, 2.05) is 37.9 Å². The van der Waals surface area contributed by atoms with Crippen LogP contribution in [0.25, 0.3) is 0 Å². The van der Waals surface area contributed by atoms with Gasteiger partial charge in [0.25, 0.3) is 0 Å². The maximum Gasteiger partial charge on any atom is 0.410 e. The summed E-state index contributed by atoms with van der Waals surface area (Å²) in [6, 6.07) is 10.7. The Morgan fingerprint density at radius 3 is 2.38 bits per heavy atom. The lowest BCUT2D eigenvalue weighted by Gasteiger charge is -2.33. The van der Waals surface area contributed by atoms with Crippen LogP contribution in [0.5, 0.6) is 5.75 Å². The average Bonchev–Trinajstić information content (AvgIpc) is 3.32. The Hall–Kier alpha value is -2.61. The second-order valence-corrected chi connectivity index (χ2v) is 11.8. The third kappa shape index (κ3) is 5.06. The Morgan fingerprint density at radius 2 is 1.84 bits per heavy atom. The molecule has 32 heavy (non-hydrogen) atoms. The zero-order chi connectivity index (χ0) is 23.1. The first kappa shape index (κ1) is 22.6. The van der Waals surface area contributed by atoms with Gasteiger partial charge in [-0.15, -0.1) is 0 Å². The first-order chi connectivity index (χ1) is 15.0. The Bertz CT molecular complexity index is 1070. The summed E-state index contributed by atoms with van der Waals surface area (Å²) in [6.45, 7) is 6.72. The number of hydrogen-bond donors (Lipinski definition) is 0. The van der Waals surface area contributed by atoms with Crippen LogP contribution in [0, 0.1) is 5.92 Å². The molecule has 3 unspecified atom stereocenters. The Balaban J connectivity index is 1.32. The molecule has 1 saturated heterocycles. The highest BCUT2D eigenvalue weighted by molar-refractivity contribution is 7.90. The van der Waals surface area contributed by atoms with Crippen LogP contribution in [-0.2, 0) is 21.2 Å². The fourth-order valence-electron chi connectivity index (χ4n) is 4.59. The van der Waals surface area contributed by atoms with Crippen molar-refractivity contribution in [3.8, 4) is 5.75 Å². The van der Waals surface area contributed by atoms with E-state index in [9.17, 15) is 13.2 Å². The molecule has 1 aromatic carbocycles. The number of hydrogen-bond acceptors (Lipinski definition) is 6. The Labute approximate surface area is 189 Å². The van der Waals surface area contributed by atoms with Gasteiger partial charge in [-0.1, -0.05) is 6.07 Å². The summed E-state index contributed by atoms with van der Waals surface area (Å²) < 4.78 is 34.4. The van der Waals surface area contributed by atoms with Crippen molar-refractivity contribution < 1.29 is 22.7 Å². The van der Waals surface area contributed by atoms with Gasteiger partial charge in [0, 0.05) is 25.0 Å². The van der Waals surface area contributed by atoms with Crippen LogP contribution >= 0.6 is 0 Å². The molecule has 2 fully saturated rings. The average molecular weight is 459 g/mol. The molecule has 4 rings (SSSR count). The smallest absolute Gasteiger partial charge is 0.410 e. The van der Waals surface area contributed by atoms with Crippen molar-refractivity contribution in [1.82, 2.24) is 9.88 Å². The summed E-state index contributed by atoms with van der Waals surface area (Å²) in [5.74, 6) is 1.44. The van der Waals surface area contributed by atoms with E-state index in [1.165, 1.54) is 24.0 Å². The van der Waals surface area contributed by atoms with Gasteiger partial charge >= 0.3 is 6.09 Å². The van der Waals surface area contributed by atoms with Gasteiger partial charge in [-0.2, -0.15) is 0 Å². The second kappa shape index (κ2) is 8.39. The molecule has 0 N–H and O–H groups in total. The van der Waals surface area contributed by atoms with E-state index in [2.05, 4.69) is 11.1 Å². The van der Waals surface area contributed by atoms with E-state index >= 15 is 0 Å². The third-order valence-electron chi connectivity index (χ3n) is 6.08. The van der Waals surface area contributed by atoms with E-state index in [0.717, 1.165) is 25.1 Å². The molecular weight excluding hydrogens is 428 g/mol. The molecule has 1 aliphatic heterocycles. The highest BCUT2D eigenvalue weighted by Gasteiger charge is 2.48. The Morgan fingerprint density at radius 1 is 1.12 bits per heavy atom. The first-order valence-corrected chi connectivity index (χ1v) is 12.8. The van der Waals surface area contributed by atoms with Crippen LogP contribution in [-0.4, -0.2) is 48.8 Å². The number of aromatic nitrogens is 1. The number of pyridine rings is 1. The molecule has 0 radical (unpaired) electrons. The number of likely N-dealkylation sites (tertiary alicyclic amines) is 1. The summed E-state index contributed by atoms with van der Waals surface area (Å²) in [5.41, 5.74) is 1.53. The normalized spacial score (nSPS) is 22.8. The fraction of sp³-hybridized carbons (Fsp3) is 0.500. The van der Waals surface area contributed by atoms with Gasteiger partial charge in [0.1, 0.15) is 18.0 Å². The number of benzene rings is 1. The molecule has 7 nitrogen and oxygen atoms in total. The zero-order valence-electron chi connectivity index (χ0n) is 18.9. The lowest BCUT2D eigenvalue weighted by atomic mass is 9.88. The lowest BCUT2D eigenvalue weighted by molar-refractivity contribution is 0.0181. The van der Waals surface area contributed by atoms with Crippen molar-refractivity contribution in [2.45, 2.75) is 62.7 Å². The zero-order valence-corrected chi connectivity index (χ0v) is 19.8. The standard InChI is InChI=1S/C24H30N2O5S/c1-24(2,3)31-23(27)26-14-17-11-19(26)12-22(17)16-5-6-18(25-13-16)15-30-20-7-9-21(10-8-20)32(4,28)29/h5-10,13,17,19,22H,11-12,14-15H2,1-4H3. The van der Waals surface area contributed by atoms with Crippen molar-refractivity contribution in [3.63, 3.8) is 0 Å². The van der Waals surface area contributed by atoms with Gasteiger partial charge in [-0.25, -0.2) is 13.2 Å². The minimum atomic E-state index is -3.22. The molecule has 2 heterocycles. The Kier molecular flexibility index (Phi) is 5.92. The quantitative estimate of drug-likeness (QED) is 0.668. The predicted molar refractivity (Wildman–Crippen MR) is 120 cm³/mol. The number of fused-ring (bicyclic) bond motifs is 2. The van der Waals surface area contributed by atoms with E-state index in [4.69, 9.17) is 9.47 Å². The summed E-state index contributed by atoms with van der Waals surface area (Å²) in [4.78, 5) is 19.2. The van der Waals surface area contributed by atoms with Crippen molar-refractivity contribution >= 4 is 15.9 Å². The van der Waals surface area contributed by atoms with Crippen LogP contribution in [0.15, 0.2) is 47.5 Å². The molecule has 2 bridgehead atoms. The fourth-order valence-corrected chi connectivity index (χ4v) is 5.22. The highest BCUT2D eigenvalue weighted by Crippen LogP contribution is 2.47. The molecule has 2 aliphatic rings. The molecule has 3 atom stereocenters. The van der Waals surface area contributed by atoms with Gasteiger partial charge in [0.15, 0.2) is 9.84 Å². The van der Waals surface area contributed by atoms with Gasteiger partial charge in [0.2, 0.25) is 0 Å². The maximum atomic E-state index is 12.4. The molecule has 1 aromatic heterocycles. The SMILES string of the molecule is CC(C)(C)OC(=O)N1CC2CC1CC2c1ccc(COc2ccc(S(C)(=O)=O)cc2)nc1. The monoisotopic (exact) mass is 458 g/mol. The number of carbonyl (C=O) groups excluding carboxylic acids is 1. The second-order valence-electron chi connectivity index (χ2n) is 9.74. The van der Waals surface area contributed by atoms with Crippen LogP contribution in [0.2, 0.25) is 0 Å². The van der Waals surface area contributed by atoms with Crippen LogP contribution in [0.4, 0.5) is 4.79 Å². The number of rotatable bonds is 5. The van der Waals surface area contributed by atoms with Crippen molar-refractivity contribution in [1.29, 1.82) is 0 Å². The van der Waals surface area contributed by atoms with E-state index in [1.54, 1.807) is 12.1 Å². The largest absolute Gasteiger partial charge is 0.487 e. The van der Waals surface area contributed by atoms with E-state index < -0.39 is 15.4 Å². The van der Waals surface area contributed by atoms with Crippen LogP contribution < -0.4 is 4.74 Å². The molecule has 1 aliphatic carbocycles. The molecule has 8 heteroatoms. The summed E-state index contributed by atoms with van der Waals surface area (Å²) in [6.07, 6.45) is 4.83. The number of piperidine rings is 1. The molecular formula is C24H30N2O5S. The van der Waals surface area contributed by atoms with Crippen molar-refractivity contribution in [3.05, 3.63) is 53.9 Å². The first-order valence-electron chi connectivity index (χ1n) is 10.9. The lowest BCUT2D eigenvalue weighted by Crippen LogP contribution is -2.42. The van der Waals surface area contributed by atoms with E-state index in [-0.39, 0.29) is 17.0 Å². The van der Waals surface area contributed by atoms with Gasteiger partial charge in [-0.3, -0.25) is 4.98 Å². The number of carbonyl (C=O) groups is 1. The minimum Gasteiger partial charge on any atom is -0.487 e. The molecule has 1 saturated carbocycles. The highest BCUT2D eigenvalue weighted by atomic mass is 32.2. The van der Waals surface area contributed by atoms with Gasteiger partial charge in [-0.05, 0) is 81.3 Å². The number of ether oxygens (including phenoxy) is 2. The molecule has 1 amide bonds. The molecule has 2 aromatic rings. The van der Waals surface area contributed by atoms with Crippen molar-refractivity contribution in [2.75, 3.05) is 12.8 Å². The van der Waals surface area contributed by atoms with Crippen LogP contribution in [0.1, 0.15) is 50.8 Å². The van der Waals surface area contributed by atoms with Crippen LogP contribution in [0.3, 0.4) is 0 Å². The number of nitrogens with zero attached hydrogens (tertiary/aromatic N) is 2. The summed E-state index contributed by atoms with van der Waals surface area (Å²) in [7, 11) is -3.22. The van der Waals surface area contributed by atoms with Gasteiger partial charge in [0.05, 0.1) is 10.6 Å². The van der Waals surface area contributed by atoms with Crippen molar-refractivity contribution in [2.24, 2.45) is 5.92 Å². The topological polar surface area (TPSA) is 85.8 Å².